The predicted molar refractivity (Wildman–Crippen MR) is 260 cm³/mol. The molecule has 356 valence electrons. The van der Waals surface area contributed by atoms with E-state index in [1.165, 1.54) is 212 Å². The summed E-state index contributed by atoms with van der Waals surface area (Å²) in [7, 11) is 0. The maximum absolute atomic E-state index is 12.5. The van der Waals surface area contributed by atoms with E-state index < -0.39 is 12.1 Å². The molecule has 0 bridgehead atoms. The molecule has 0 aliphatic carbocycles. The topological polar surface area (TPSA) is 95.9 Å². The van der Waals surface area contributed by atoms with Crippen LogP contribution in [0.3, 0.4) is 0 Å². The first kappa shape index (κ1) is 58.6. The maximum Gasteiger partial charge on any atom is 0.305 e. The monoisotopic (exact) mass is 848 g/mol. The van der Waals surface area contributed by atoms with Gasteiger partial charge in [-0.2, -0.15) is 0 Å². The quantitative estimate of drug-likeness (QED) is 0.0322. The molecular formula is C54H105NO5. The van der Waals surface area contributed by atoms with E-state index in [-0.39, 0.29) is 18.5 Å². The number of hydrogen-bond acceptors (Lipinski definition) is 5. The predicted octanol–water partition coefficient (Wildman–Crippen LogP) is 16.1. The van der Waals surface area contributed by atoms with Crippen molar-refractivity contribution in [2.24, 2.45) is 0 Å². The molecule has 0 rings (SSSR count). The Morgan fingerprint density at radius 1 is 0.450 bits per heavy atom. The molecule has 0 aliphatic heterocycles. The number of esters is 1. The van der Waals surface area contributed by atoms with Gasteiger partial charge in [0.25, 0.3) is 0 Å². The molecule has 0 aromatic carbocycles. The highest BCUT2D eigenvalue weighted by Crippen LogP contribution is 2.17. The van der Waals surface area contributed by atoms with Crippen molar-refractivity contribution >= 4 is 11.9 Å². The second-order valence-electron chi connectivity index (χ2n) is 18.6. The molecule has 0 spiro atoms. The van der Waals surface area contributed by atoms with Crippen LogP contribution < -0.4 is 5.32 Å². The van der Waals surface area contributed by atoms with Crippen molar-refractivity contribution in [3.63, 3.8) is 0 Å². The summed E-state index contributed by atoms with van der Waals surface area (Å²) < 4.78 is 5.45. The van der Waals surface area contributed by atoms with E-state index in [0.29, 0.717) is 19.4 Å². The summed E-state index contributed by atoms with van der Waals surface area (Å²) >= 11 is 0. The lowest BCUT2D eigenvalue weighted by Gasteiger charge is -2.20. The van der Waals surface area contributed by atoms with Gasteiger partial charge in [0, 0.05) is 12.8 Å². The van der Waals surface area contributed by atoms with E-state index in [1.54, 1.807) is 6.08 Å². The molecule has 0 aliphatic rings. The summed E-state index contributed by atoms with van der Waals surface area (Å²) in [6, 6.07) is -0.644. The number of aliphatic hydroxyl groups is 2. The molecule has 2 unspecified atom stereocenters. The van der Waals surface area contributed by atoms with Crippen molar-refractivity contribution < 1.29 is 24.5 Å². The molecule has 0 saturated heterocycles. The first-order valence-electron chi connectivity index (χ1n) is 27.0. The Hall–Kier alpha value is -1.40. The third-order valence-electron chi connectivity index (χ3n) is 12.6. The number of carbonyl (C=O) groups excluding carboxylic acids is 2. The van der Waals surface area contributed by atoms with Crippen molar-refractivity contribution in [2.45, 2.75) is 309 Å². The minimum atomic E-state index is -0.858. The van der Waals surface area contributed by atoms with Crippen molar-refractivity contribution in [2.75, 3.05) is 13.2 Å². The van der Waals surface area contributed by atoms with Gasteiger partial charge in [0.1, 0.15) is 0 Å². The lowest BCUT2D eigenvalue weighted by Crippen LogP contribution is -2.45. The molecule has 0 fully saturated rings. The highest BCUT2D eigenvalue weighted by atomic mass is 16.5. The number of nitrogens with one attached hydrogen (secondary N) is 1. The van der Waals surface area contributed by atoms with Crippen LogP contribution in [0, 0.1) is 0 Å². The Morgan fingerprint density at radius 2 is 0.767 bits per heavy atom. The molecule has 0 saturated carbocycles. The zero-order chi connectivity index (χ0) is 43.7. The van der Waals surface area contributed by atoms with Crippen LogP contribution in [-0.2, 0) is 14.3 Å². The maximum atomic E-state index is 12.5. The summed E-state index contributed by atoms with van der Waals surface area (Å²) in [6.07, 6.45) is 57.9. The van der Waals surface area contributed by atoms with Crippen molar-refractivity contribution in [3.05, 3.63) is 12.2 Å². The second kappa shape index (κ2) is 50.2. The van der Waals surface area contributed by atoms with E-state index in [2.05, 4.69) is 19.2 Å². The molecule has 6 heteroatoms. The fourth-order valence-electron chi connectivity index (χ4n) is 8.40. The summed E-state index contributed by atoms with van der Waals surface area (Å²) in [5.41, 5.74) is 0. The van der Waals surface area contributed by atoms with Gasteiger partial charge < -0.3 is 20.3 Å². The third kappa shape index (κ3) is 46.1. The fourth-order valence-corrected chi connectivity index (χ4v) is 8.40. The number of unbranched alkanes of at least 4 members (excludes halogenated alkanes) is 39. The number of allylic oxidation sites excluding steroid dienone is 1. The summed E-state index contributed by atoms with van der Waals surface area (Å²) in [5, 5.41) is 23.1. The SMILES string of the molecule is CCCCCCCCCCCCCCCCCCCCC/C=C/C(O)C(CO)NC(=O)CCCCCCCCCCCCOC(=O)CCCCCCCCCCCCCC. The summed E-state index contributed by atoms with van der Waals surface area (Å²) in [4.78, 5) is 24.5. The molecule has 2 atom stereocenters. The van der Waals surface area contributed by atoms with Crippen LogP contribution in [0.15, 0.2) is 12.2 Å². The molecule has 1 amide bonds. The van der Waals surface area contributed by atoms with Gasteiger partial charge in [-0.1, -0.05) is 264 Å². The summed E-state index contributed by atoms with van der Waals surface area (Å²) in [5.74, 6) is -0.107. The van der Waals surface area contributed by atoms with Gasteiger partial charge in [-0.3, -0.25) is 9.59 Å². The zero-order valence-electron chi connectivity index (χ0n) is 40.5. The van der Waals surface area contributed by atoms with Gasteiger partial charge in [-0.15, -0.1) is 0 Å². The summed E-state index contributed by atoms with van der Waals surface area (Å²) in [6.45, 7) is 4.87. The number of amides is 1. The van der Waals surface area contributed by atoms with Crippen LogP contribution in [0.5, 0.6) is 0 Å². The Labute approximate surface area is 374 Å². The Balaban J connectivity index is 3.51. The average molecular weight is 848 g/mol. The van der Waals surface area contributed by atoms with Crippen LogP contribution in [0.4, 0.5) is 0 Å². The van der Waals surface area contributed by atoms with Crippen molar-refractivity contribution in [3.8, 4) is 0 Å². The Morgan fingerprint density at radius 3 is 1.13 bits per heavy atom. The number of rotatable bonds is 50. The van der Waals surface area contributed by atoms with Crippen molar-refractivity contribution in [1.29, 1.82) is 0 Å². The highest BCUT2D eigenvalue weighted by molar-refractivity contribution is 5.76. The average Bonchev–Trinajstić information content (AvgIpc) is 3.25. The van der Waals surface area contributed by atoms with Crippen LogP contribution in [0.1, 0.15) is 296 Å². The fraction of sp³-hybridized carbons (Fsp3) is 0.926. The van der Waals surface area contributed by atoms with Gasteiger partial charge in [-0.25, -0.2) is 0 Å². The number of carbonyl (C=O) groups is 2. The minimum absolute atomic E-state index is 0.0195. The Kier molecular flexibility index (Phi) is 49.1. The normalized spacial score (nSPS) is 12.7. The van der Waals surface area contributed by atoms with E-state index in [1.807, 2.05) is 6.08 Å². The van der Waals surface area contributed by atoms with E-state index in [4.69, 9.17) is 4.74 Å². The highest BCUT2D eigenvalue weighted by Gasteiger charge is 2.18. The van der Waals surface area contributed by atoms with Crippen LogP contribution in [0.2, 0.25) is 0 Å². The number of ether oxygens (including phenoxy) is 1. The van der Waals surface area contributed by atoms with Gasteiger partial charge in [0.2, 0.25) is 5.91 Å². The van der Waals surface area contributed by atoms with Gasteiger partial charge in [-0.05, 0) is 32.1 Å². The van der Waals surface area contributed by atoms with E-state index in [0.717, 1.165) is 57.8 Å². The van der Waals surface area contributed by atoms with Gasteiger partial charge in [0.15, 0.2) is 0 Å². The zero-order valence-corrected chi connectivity index (χ0v) is 40.5. The van der Waals surface area contributed by atoms with E-state index in [9.17, 15) is 19.8 Å². The van der Waals surface area contributed by atoms with Crippen molar-refractivity contribution in [1.82, 2.24) is 5.32 Å². The second-order valence-corrected chi connectivity index (χ2v) is 18.6. The molecule has 0 heterocycles. The van der Waals surface area contributed by atoms with Crippen LogP contribution in [-0.4, -0.2) is 47.4 Å². The first-order valence-corrected chi connectivity index (χ1v) is 27.0. The van der Waals surface area contributed by atoms with Gasteiger partial charge >= 0.3 is 5.97 Å². The molecule has 6 nitrogen and oxygen atoms in total. The van der Waals surface area contributed by atoms with E-state index >= 15 is 0 Å². The molecule has 3 N–H and O–H groups in total. The lowest BCUT2D eigenvalue weighted by atomic mass is 10.0. The molecular weight excluding hydrogens is 743 g/mol. The molecule has 0 aromatic heterocycles. The number of aliphatic hydroxyl groups excluding tert-OH is 2. The van der Waals surface area contributed by atoms with Gasteiger partial charge in [0.05, 0.1) is 25.4 Å². The largest absolute Gasteiger partial charge is 0.466 e. The third-order valence-corrected chi connectivity index (χ3v) is 12.6. The smallest absolute Gasteiger partial charge is 0.305 e. The molecule has 60 heavy (non-hydrogen) atoms. The Bertz CT molecular complexity index is 893. The first-order chi connectivity index (χ1) is 29.5. The lowest BCUT2D eigenvalue weighted by molar-refractivity contribution is -0.143. The molecule has 0 radical (unpaired) electrons. The van der Waals surface area contributed by atoms with Crippen LogP contribution in [0.25, 0.3) is 0 Å². The van der Waals surface area contributed by atoms with Crippen LogP contribution >= 0.6 is 0 Å². The number of hydrogen-bond donors (Lipinski definition) is 3. The molecule has 0 aromatic rings. The standard InChI is InChI=1S/C54H105NO5/c1-3-5-7-9-11-13-15-17-18-19-20-21-22-23-24-25-26-30-34-38-42-46-52(57)51(50-56)55-53(58)47-43-39-35-31-28-29-33-37-41-45-49-60-54(59)48-44-40-36-32-27-16-14-12-10-8-6-4-2/h42,46,51-52,56-57H,3-41,43-45,47-50H2,1-2H3,(H,55,58)/b46-42+. The minimum Gasteiger partial charge on any atom is -0.466 e.